The second-order valence-electron chi connectivity index (χ2n) is 2.62. The third-order valence-electron chi connectivity index (χ3n) is 1.80. The molecular formula is C8H17O3P. The van der Waals surface area contributed by atoms with Gasteiger partial charge in [-0.15, -0.1) is 13.2 Å². The lowest BCUT2D eigenvalue weighted by Crippen LogP contribution is -2.13. The first-order valence-corrected chi connectivity index (χ1v) is 5.30. The molecule has 0 saturated heterocycles. The van der Waals surface area contributed by atoms with Gasteiger partial charge in [-0.1, -0.05) is 19.3 Å². The molecule has 1 saturated carbocycles. The first-order valence-electron chi connectivity index (χ1n) is 4.13. The highest BCUT2D eigenvalue weighted by Crippen LogP contribution is 2.32. The van der Waals surface area contributed by atoms with E-state index in [1.807, 2.05) is 0 Å². The SMILES string of the molecule is C=C.OP(O)OC1CCCCC1. The molecule has 1 aliphatic rings. The summed E-state index contributed by atoms with van der Waals surface area (Å²) in [6.07, 6.45) is 5.66. The van der Waals surface area contributed by atoms with Crippen LogP contribution in [0, 0.1) is 0 Å². The fourth-order valence-corrected chi connectivity index (χ4v) is 1.78. The highest BCUT2D eigenvalue weighted by atomic mass is 31.2. The van der Waals surface area contributed by atoms with Gasteiger partial charge in [0.05, 0.1) is 6.10 Å². The summed E-state index contributed by atoms with van der Waals surface area (Å²) in [5, 5.41) is 0. The van der Waals surface area contributed by atoms with E-state index in [-0.39, 0.29) is 6.10 Å². The van der Waals surface area contributed by atoms with Crippen molar-refractivity contribution in [2.24, 2.45) is 0 Å². The molecule has 0 aromatic rings. The average Bonchev–Trinajstić information content (AvgIpc) is 2.08. The van der Waals surface area contributed by atoms with E-state index >= 15 is 0 Å². The molecule has 0 bridgehead atoms. The van der Waals surface area contributed by atoms with Gasteiger partial charge in [-0.05, 0) is 12.8 Å². The van der Waals surface area contributed by atoms with Crippen LogP contribution in [-0.2, 0) is 4.52 Å². The first-order chi connectivity index (χ1) is 5.79. The zero-order valence-electron chi connectivity index (χ0n) is 7.28. The standard InChI is InChI=1S/C6H13O3P.C2H4/c7-10(8)9-6-4-2-1-3-5-6;1-2/h6-8H,1-5H2;1-2H2. The summed E-state index contributed by atoms with van der Waals surface area (Å²) in [7, 11) is -2.12. The van der Waals surface area contributed by atoms with Crippen LogP contribution in [0.3, 0.4) is 0 Å². The van der Waals surface area contributed by atoms with Crippen LogP contribution in [0.4, 0.5) is 0 Å². The summed E-state index contributed by atoms with van der Waals surface area (Å²) in [5.41, 5.74) is 0. The molecule has 1 aliphatic carbocycles. The zero-order chi connectivity index (χ0) is 9.40. The normalized spacial score (nSPS) is 18.6. The lowest BCUT2D eigenvalue weighted by molar-refractivity contribution is 0.133. The van der Waals surface area contributed by atoms with Crippen molar-refractivity contribution in [3.63, 3.8) is 0 Å². The Morgan fingerprint density at radius 3 is 2.00 bits per heavy atom. The van der Waals surface area contributed by atoms with Crippen molar-refractivity contribution in [1.29, 1.82) is 0 Å². The first kappa shape index (κ1) is 12.0. The van der Waals surface area contributed by atoms with Crippen molar-refractivity contribution in [1.82, 2.24) is 0 Å². The Labute approximate surface area is 75.1 Å². The van der Waals surface area contributed by atoms with Crippen molar-refractivity contribution >= 4 is 8.60 Å². The largest absolute Gasteiger partial charge is 0.328 e. The third kappa shape index (κ3) is 5.67. The lowest BCUT2D eigenvalue weighted by atomic mass is 9.98. The topological polar surface area (TPSA) is 49.7 Å². The molecule has 0 aromatic heterocycles. The molecule has 0 spiro atoms. The summed E-state index contributed by atoms with van der Waals surface area (Å²) in [4.78, 5) is 17.0. The van der Waals surface area contributed by atoms with Crippen LogP contribution in [0.2, 0.25) is 0 Å². The predicted molar refractivity (Wildman–Crippen MR) is 50.6 cm³/mol. The number of rotatable bonds is 2. The van der Waals surface area contributed by atoms with Gasteiger partial charge in [-0.2, -0.15) is 0 Å². The zero-order valence-corrected chi connectivity index (χ0v) is 8.17. The molecule has 12 heavy (non-hydrogen) atoms. The summed E-state index contributed by atoms with van der Waals surface area (Å²) in [5.74, 6) is 0. The molecular weight excluding hydrogens is 175 g/mol. The summed E-state index contributed by atoms with van der Waals surface area (Å²) >= 11 is 0. The molecule has 0 unspecified atom stereocenters. The van der Waals surface area contributed by atoms with Gasteiger partial charge in [0.25, 0.3) is 0 Å². The highest BCUT2D eigenvalue weighted by Gasteiger charge is 2.16. The average molecular weight is 192 g/mol. The minimum Gasteiger partial charge on any atom is -0.328 e. The predicted octanol–water partition coefficient (Wildman–Crippen LogP) is 2.35. The van der Waals surface area contributed by atoms with E-state index in [9.17, 15) is 0 Å². The van der Waals surface area contributed by atoms with Crippen LogP contribution >= 0.6 is 8.60 Å². The van der Waals surface area contributed by atoms with Crippen LogP contribution in [0.25, 0.3) is 0 Å². The second-order valence-corrected chi connectivity index (χ2v) is 3.33. The molecule has 2 N–H and O–H groups in total. The Morgan fingerprint density at radius 1 is 1.08 bits per heavy atom. The second kappa shape index (κ2) is 7.69. The Balaban J connectivity index is 0.000000561. The molecule has 1 rings (SSSR count). The van der Waals surface area contributed by atoms with Gasteiger partial charge in [0, 0.05) is 0 Å². The van der Waals surface area contributed by atoms with Crippen LogP contribution in [-0.4, -0.2) is 15.9 Å². The van der Waals surface area contributed by atoms with Crippen LogP contribution in [0.5, 0.6) is 0 Å². The van der Waals surface area contributed by atoms with E-state index in [2.05, 4.69) is 13.2 Å². The lowest BCUT2D eigenvalue weighted by Gasteiger charge is -2.21. The van der Waals surface area contributed by atoms with Crippen molar-refractivity contribution in [2.45, 2.75) is 38.2 Å². The van der Waals surface area contributed by atoms with Gasteiger partial charge >= 0.3 is 8.60 Å². The van der Waals surface area contributed by atoms with E-state index in [1.54, 1.807) is 0 Å². The Hall–Kier alpha value is 0.0500. The fourth-order valence-electron chi connectivity index (χ4n) is 1.30. The molecule has 4 heteroatoms. The molecule has 0 amide bonds. The van der Waals surface area contributed by atoms with Gasteiger partial charge in [0.2, 0.25) is 0 Å². The van der Waals surface area contributed by atoms with Gasteiger partial charge in [-0.25, -0.2) is 0 Å². The van der Waals surface area contributed by atoms with Crippen LogP contribution in [0.1, 0.15) is 32.1 Å². The minimum absolute atomic E-state index is 0.106. The van der Waals surface area contributed by atoms with Crippen LogP contribution in [0.15, 0.2) is 13.2 Å². The summed E-state index contributed by atoms with van der Waals surface area (Å²) < 4.78 is 4.87. The maximum absolute atomic E-state index is 8.50. The fraction of sp³-hybridized carbons (Fsp3) is 0.750. The molecule has 0 heterocycles. The van der Waals surface area contributed by atoms with E-state index in [1.165, 1.54) is 6.42 Å². The molecule has 0 aromatic carbocycles. The summed E-state index contributed by atoms with van der Waals surface area (Å²) in [6, 6.07) is 0. The molecule has 1 fully saturated rings. The van der Waals surface area contributed by atoms with E-state index in [0.29, 0.717) is 0 Å². The van der Waals surface area contributed by atoms with E-state index in [4.69, 9.17) is 14.3 Å². The molecule has 3 nitrogen and oxygen atoms in total. The highest BCUT2D eigenvalue weighted by molar-refractivity contribution is 7.39. The van der Waals surface area contributed by atoms with Crippen molar-refractivity contribution in [2.75, 3.05) is 0 Å². The number of hydrogen-bond donors (Lipinski definition) is 2. The van der Waals surface area contributed by atoms with E-state index < -0.39 is 8.60 Å². The smallest absolute Gasteiger partial charge is 0.327 e. The van der Waals surface area contributed by atoms with Crippen LogP contribution < -0.4 is 0 Å². The maximum atomic E-state index is 8.50. The molecule has 0 radical (unpaired) electrons. The van der Waals surface area contributed by atoms with Gasteiger partial charge < -0.3 is 14.3 Å². The summed E-state index contributed by atoms with van der Waals surface area (Å²) in [6.45, 7) is 6.00. The quantitative estimate of drug-likeness (QED) is 0.521. The van der Waals surface area contributed by atoms with Gasteiger partial charge in [0.15, 0.2) is 0 Å². The van der Waals surface area contributed by atoms with Crippen molar-refractivity contribution < 1.29 is 14.3 Å². The third-order valence-corrected chi connectivity index (χ3v) is 2.28. The molecule has 72 valence electrons. The Morgan fingerprint density at radius 2 is 1.58 bits per heavy atom. The Bertz CT molecular complexity index is 102. The van der Waals surface area contributed by atoms with Crippen molar-refractivity contribution in [3.05, 3.63) is 13.2 Å². The Kier molecular flexibility index (Phi) is 7.72. The minimum atomic E-state index is -2.12. The maximum Gasteiger partial charge on any atom is 0.327 e. The van der Waals surface area contributed by atoms with Gasteiger partial charge in [0.1, 0.15) is 0 Å². The van der Waals surface area contributed by atoms with Crippen molar-refractivity contribution in [3.8, 4) is 0 Å². The van der Waals surface area contributed by atoms with E-state index in [0.717, 1.165) is 25.7 Å². The number of hydrogen-bond acceptors (Lipinski definition) is 3. The molecule has 0 aliphatic heterocycles. The monoisotopic (exact) mass is 192 g/mol. The molecule has 0 atom stereocenters. The van der Waals surface area contributed by atoms with Gasteiger partial charge in [-0.3, -0.25) is 0 Å².